The highest BCUT2D eigenvalue weighted by Gasteiger charge is 2.07. The van der Waals surface area contributed by atoms with E-state index >= 15 is 0 Å². The molecule has 0 aliphatic carbocycles. The van der Waals surface area contributed by atoms with Crippen LogP contribution in [0.15, 0.2) is 18.2 Å². The maximum atomic E-state index is 11.4. The van der Waals surface area contributed by atoms with Crippen molar-refractivity contribution in [2.45, 2.75) is 26.3 Å². The first-order chi connectivity index (χ1) is 9.17. The molecule has 1 aromatic rings. The molecule has 106 valence electrons. The van der Waals surface area contributed by atoms with E-state index in [-0.39, 0.29) is 12.6 Å². The minimum Gasteiger partial charge on any atom is -0.480 e. The zero-order chi connectivity index (χ0) is 14.1. The van der Waals surface area contributed by atoms with E-state index in [0.717, 1.165) is 24.9 Å². The van der Waals surface area contributed by atoms with Gasteiger partial charge in [-0.05, 0) is 31.2 Å². The minimum atomic E-state index is -0.371. The van der Waals surface area contributed by atoms with Crippen LogP contribution >= 0.6 is 11.6 Å². The lowest BCUT2D eigenvalue weighted by Crippen LogP contribution is -2.15. The van der Waals surface area contributed by atoms with Gasteiger partial charge in [0, 0.05) is 6.54 Å². The maximum Gasteiger partial charge on any atom is 0.344 e. The number of rotatable bonds is 8. The number of nitrogens with one attached hydrogen (secondary N) is 1. The third kappa shape index (κ3) is 5.94. The summed E-state index contributed by atoms with van der Waals surface area (Å²) in [4.78, 5) is 11.4. The van der Waals surface area contributed by atoms with Crippen LogP contribution in [-0.4, -0.2) is 26.2 Å². The number of ether oxygens (including phenoxy) is 2. The molecule has 0 unspecified atom stereocenters. The Morgan fingerprint density at radius 1 is 1.42 bits per heavy atom. The molecule has 1 rings (SSSR count). The fraction of sp³-hybridized carbons (Fsp3) is 0.500. The van der Waals surface area contributed by atoms with Crippen molar-refractivity contribution in [2.75, 3.05) is 20.3 Å². The summed E-state index contributed by atoms with van der Waals surface area (Å²) in [7, 11) is 1.87. The second-order valence-corrected chi connectivity index (χ2v) is 4.57. The summed E-state index contributed by atoms with van der Waals surface area (Å²) in [6, 6.07) is 5.48. The van der Waals surface area contributed by atoms with Gasteiger partial charge >= 0.3 is 5.97 Å². The van der Waals surface area contributed by atoms with Gasteiger partial charge in [-0.15, -0.1) is 0 Å². The summed E-state index contributed by atoms with van der Waals surface area (Å²) in [6.45, 7) is 3.10. The van der Waals surface area contributed by atoms with Gasteiger partial charge in [0.05, 0.1) is 11.6 Å². The van der Waals surface area contributed by atoms with E-state index in [1.54, 1.807) is 6.07 Å². The maximum absolute atomic E-state index is 11.4. The molecule has 0 radical (unpaired) electrons. The van der Waals surface area contributed by atoms with Gasteiger partial charge in [-0.3, -0.25) is 0 Å². The molecular weight excluding hydrogens is 266 g/mol. The molecule has 0 fully saturated rings. The molecule has 0 saturated carbocycles. The van der Waals surface area contributed by atoms with Gasteiger partial charge in [-0.25, -0.2) is 4.79 Å². The van der Waals surface area contributed by atoms with Gasteiger partial charge in [0.15, 0.2) is 6.61 Å². The van der Waals surface area contributed by atoms with E-state index in [2.05, 4.69) is 5.32 Å². The SMILES string of the molecule is CCCCOC(=O)COc1ccc(CNC)cc1Cl. The average Bonchev–Trinajstić information content (AvgIpc) is 2.38. The molecular formula is C14H20ClNO3. The highest BCUT2D eigenvalue weighted by atomic mass is 35.5. The fourth-order valence-electron chi connectivity index (χ4n) is 1.48. The van der Waals surface area contributed by atoms with Crippen molar-refractivity contribution < 1.29 is 14.3 Å². The topological polar surface area (TPSA) is 47.6 Å². The summed E-state index contributed by atoms with van der Waals surface area (Å²) in [5, 5.41) is 3.53. The van der Waals surface area contributed by atoms with Crippen molar-refractivity contribution >= 4 is 17.6 Å². The van der Waals surface area contributed by atoms with Crippen molar-refractivity contribution in [1.82, 2.24) is 5.32 Å². The Morgan fingerprint density at radius 2 is 2.21 bits per heavy atom. The van der Waals surface area contributed by atoms with Gasteiger partial charge in [0.2, 0.25) is 0 Å². The fourth-order valence-corrected chi connectivity index (χ4v) is 1.74. The highest BCUT2D eigenvalue weighted by Crippen LogP contribution is 2.25. The minimum absolute atomic E-state index is 0.116. The van der Waals surface area contributed by atoms with Gasteiger partial charge in [0.25, 0.3) is 0 Å². The summed E-state index contributed by atoms with van der Waals surface area (Å²) >= 11 is 6.07. The number of unbranched alkanes of at least 4 members (excludes halogenated alkanes) is 1. The zero-order valence-corrected chi connectivity index (χ0v) is 12.1. The van der Waals surface area contributed by atoms with Gasteiger partial charge < -0.3 is 14.8 Å². The summed E-state index contributed by atoms with van der Waals surface area (Å²) in [5.74, 6) is 0.123. The molecule has 4 nitrogen and oxygen atoms in total. The number of carbonyl (C=O) groups is 1. The lowest BCUT2D eigenvalue weighted by Gasteiger charge is -2.09. The second-order valence-electron chi connectivity index (χ2n) is 4.16. The van der Waals surface area contributed by atoms with Crippen LogP contribution in [0.4, 0.5) is 0 Å². The van der Waals surface area contributed by atoms with Crippen LogP contribution in [0.5, 0.6) is 5.75 Å². The number of benzene rings is 1. The molecule has 0 aliphatic rings. The molecule has 1 aromatic carbocycles. The van der Waals surface area contributed by atoms with Crippen molar-refractivity contribution in [1.29, 1.82) is 0 Å². The van der Waals surface area contributed by atoms with E-state index in [0.29, 0.717) is 17.4 Å². The summed E-state index contributed by atoms with van der Waals surface area (Å²) < 4.78 is 10.3. The first-order valence-corrected chi connectivity index (χ1v) is 6.76. The number of hydrogen-bond acceptors (Lipinski definition) is 4. The van der Waals surface area contributed by atoms with Crippen LogP contribution in [0.2, 0.25) is 5.02 Å². The molecule has 0 bridgehead atoms. The van der Waals surface area contributed by atoms with Crippen molar-refractivity contribution in [3.8, 4) is 5.75 Å². The Balaban J connectivity index is 2.42. The Morgan fingerprint density at radius 3 is 2.84 bits per heavy atom. The quantitative estimate of drug-likeness (QED) is 0.589. The van der Waals surface area contributed by atoms with Crippen molar-refractivity contribution in [2.24, 2.45) is 0 Å². The number of carbonyl (C=O) groups excluding carboxylic acids is 1. The van der Waals surface area contributed by atoms with Gasteiger partial charge in [0.1, 0.15) is 5.75 Å². The van der Waals surface area contributed by atoms with Crippen LogP contribution in [0.25, 0.3) is 0 Å². The van der Waals surface area contributed by atoms with Crippen LogP contribution in [-0.2, 0) is 16.1 Å². The number of hydrogen-bond donors (Lipinski definition) is 1. The molecule has 0 amide bonds. The number of esters is 1. The smallest absolute Gasteiger partial charge is 0.344 e. The van der Waals surface area contributed by atoms with Crippen molar-refractivity contribution in [3.05, 3.63) is 28.8 Å². The predicted molar refractivity (Wildman–Crippen MR) is 75.6 cm³/mol. The first-order valence-electron chi connectivity index (χ1n) is 6.38. The van der Waals surface area contributed by atoms with Gasteiger partial charge in [-0.1, -0.05) is 31.0 Å². The predicted octanol–water partition coefficient (Wildman–Crippen LogP) is 2.78. The zero-order valence-electron chi connectivity index (χ0n) is 11.4. The van der Waals surface area contributed by atoms with Crippen LogP contribution < -0.4 is 10.1 Å². The molecule has 0 atom stereocenters. The standard InChI is InChI=1S/C14H20ClNO3/c1-3-4-7-18-14(17)10-19-13-6-5-11(9-16-2)8-12(13)15/h5-6,8,16H,3-4,7,9-10H2,1-2H3. The van der Waals surface area contributed by atoms with E-state index in [1.165, 1.54) is 0 Å². The lowest BCUT2D eigenvalue weighted by molar-refractivity contribution is -0.146. The largest absolute Gasteiger partial charge is 0.480 e. The first kappa shape index (κ1) is 15.8. The van der Waals surface area contributed by atoms with E-state index in [1.807, 2.05) is 26.1 Å². The third-order valence-electron chi connectivity index (χ3n) is 2.48. The summed E-state index contributed by atoms with van der Waals surface area (Å²) in [6.07, 6.45) is 1.86. The molecule has 1 N–H and O–H groups in total. The normalized spacial score (nSPS) is 10.3. The van der Waals surface area contributed by atoms with Crippen molar-refractivity contribution in [3.63, 3.8) is 0 Å². The molecule has 5 heteroatoms. The van der Waals surface area contributed by atoms with E-state index < -0.39 is 0 Å². The molecule has 0 aromatic heterocycles. The Bertz CT molecular complexity index is 410. The van der Waals surface area contributed by atoms with E-state index in [9.17, 15) is 4.79 Å². The third-order valence-corrected chi connectivity index (χ3v) is 2.78. The van der Waals surface area contributed by atoms with Crippen LogP contribution in [0.1, 0.15) is 25.3 Å². The molecule has 0 spiro atoms. The Kier molecular flexibility index (Phi) is 7.30. The molecule has 0 heterocycles. The number of halogens is 1. The molecule has 19 heavy (non-hydrogen) atoms. The lowest BCUT2D eigenvalue weighted by atomic mass is 10.2. The highest BCUT2D eigenvalue weighted by molar-refractivity contribution is 6.32. The monoisotopic (exact) mass is 285 g/mol. The molecule has 0 aliphatic heterocycles. The second kappa shape index (κ2) is 8.77. The van der Waals surface area contributed by atoms with E-state index in [4.69, 9.17) is 21.1 Å². The Labute approximate surface area is 119 Å². The molecule has 0 saturated heterocycles. The van der Waals surface area contributed by atoms with Gasteiger partial charge in [-0.2, -0.15) is 0 Å². The Hall–Kier alpha value is -1.26. The van der Waals surface area contributed by atoms with Crippen LogP contribution in [0, 0.1) is 0 Å². The van der Waals surface area contributed by atoms with Crippen LogP contribution in [0.3, 0.4) is 0 Å². The average molecular weight is 286 g/mol. The summed E-state index contributed by atoms with van der Waals surface area (Å²) in [5.41, 5.74) is 1.06.